The molecule has 4 nitrogen and oxygen atoms in total. The van der Waals surface area contributed by atoms with E-state index in [1.54, 1.807) is 0 Å². The lowest BCUT2D eigenvalue weighted by molar-refractivity contribution is 0.378. The number of hydrogen-bond acceptors (Lipinski definition) is 3. The number of hydrogen-bond donors (Lipinski definition) is 3. The molecule has 1 atom stereocenters. The Bertz CT molecular complexity index is 137. The van der Waals surface area contributed by atoms with Gasteiger partial charge in [0.15, 0.2) is 5.11 Å². The summed E-state index contributed by atoms with van der Waals surface area (Å²) in [6.07, 6.45) is 1.05. The van der Waals surface area contributed by atoms with Crippen LogP contribution in [0, 0.1) is 0 Å². The van der Waals surface area contributed by atoms with Crippen LogP contribution >= 0.6 is 12.2 Å². The van der Waals surface area contributed by atoms with E-state index < -0.39 is 0 Å². The largest absolute Gasteiger partial charge is 0.359 e. The first-order valence-electron chi connectivity index (χ1n) is 3.98. The van der Waals surface area contributed by atoms with Gasteiger partial charge in [-0.15, -0.1) is 0 Å². The minimum atomic E-state index is 0.357. The molecule has 0 heterocycles. The van der Waals surface area contributed by atoms with Crippen molar-refractivity contribution in [3.63, 3.8) is 0 Å². The molecule has 0 amide bonds. The van der Waals surface area contributed by atoms with Gasteiger partial charge in [0.2, 0.25) is 0 Å². The number of nitrogens with zero attached hydrogens (tertiary/aromatic N) is 1. The molecular weight excluding hydrogens is 172 g/mol. The summed E-state index contributed by atoms with van der Waals surface area (Å²) in [6.45, 7) is 3.12. The Morgan fingerprint density at radius 1 is 1.58 bits per heavy atom. The molecule has 12 heavy (non-hydrogen) atoms. The van der Waals surface area contributed by atoms with E-state index in [1.807, 2.05) is 14.1 Å². The molecule has 0 radical (unpaired) electrons. The smallest absolute Gasteiger partial charge is 0.180 e. The first-order valence-corrected chi connectivity index (χ1v) is 4.39. The van der Waals surface area contributed by atoms with Crippen LogP contribution in [0.2, 0.25) is 0 Å². The molecule has 1 unspecified atom stereocenters. The second kappa shape index (κ2) is 6.16. The van der Waals surface area contributed by atoms with Crippen molar-refractivity contribution in [1.29, 1.82) is 0 Å². The molecule has 0 saturated heterocycles. The van der Waals surface area contributed by atoms with E-state index in [1.165, 1.54) is 0 Å². The van der Waals surface area contributed by atoms with Crippen LogP contribution in [-0.4, -0.2) is 36.7 Å². The Balaban J connectivity index is 3.45. The third-order valence-electron chi connectivity index (χ3n) is 1.52. The molecular formula is C7H18N4S. The molecule has 72 valence electrons. The highest BCUT2D eigenvalue weighted by atomic mass is 32.1. The van der Waals surface area contributed by atoms with Gasteiger partial charge >= 0.3 is 0 Å². The van der Waals surface area contributed by atoms with E-state index in [0.29, 0.717) is 11.2 Å². The predicted octanol–water partition coefficient (Wildman–Crippen LogP) is -0.336. The Morgan fingerprint density at radius 3 is 2.58 bits per heavy atom. The lowest BCUT2D eigenvalue weighted by Gasteiger charge is -2.17. The van der Waals surface area contributed by atoms with Crippen LogP contribution < -0.4 is 16.6 Å². The topological polar surface area (TPSA) is 53.3 Å². The molecule has 0 aromatic rings. The van der Waals surface area contributed by atoms with Crippen LogP contribution in [0.3, 0.4) is 0 Å². The van der Waals surface area contributed by atoms with Crippen LogP contribution in [0.4, 0.5) is 0 Å². The van der Waals surface area contributed by atoms with Crippen molar-refractivity contribution in [3.05, 3.63) is 0 Å². The van der Waals surface area contributed by atoms with Gasteiger partial charge in [-0.2, -0.15) is 0 Å². The van der Waals surface area contributed by atoms with E-state index in [9.17, 15) is 0 Å². The van der Waals surface area contributed by atoms with E-state index in [0.717, 1.165) is 13.0 Å². The molecule has 0 rings (SSSR count). The van der Waals surface area contributed by atoms with Gasteiger partial charge in [-0.1, -0.05) is 0 Å². The lowest BCUT2D eigenvalue weighted by atomic mass is 10.2. The van der Waals surface area contributed by atoms with Crippen LogP contribution in [0.15, 0.2) is 0 Å². The average Bonchev–Trinajstić information content (AvgIpc) is 2.00. The fraction of sp³-hybridized carbons (Fsp3) is 0.857. The minimum Gasteiger partial charge on any atom is -0.359 e. The summed E-state index contributed by atoms with van der Waals surface area (Å²) in [5.41, 5.74) is 2.39. The van der Waals surface area contributed by atoms with Crippen molar-refractivity contribution in [2.45, 2.75) is 19.4 Å². The molecule has 0 bridgehead atoms. The van der Waals surface area contributed by atoms with Gasteiger partial charge in [0, 0.05) is 6.04 Å². The van der Waals surface area contributed by atoms with Crippen LogP contribution in [0.25, 0.3) is 0 Å². The number of nitrogens with one attached hydrogen (secondary N) is 2. The van der Waals surface area contributed by atoms with Gasteiger partial charge in [0.05, 0.1) is 0 Å². The number of nitrogens with two attached hydrogens (primary N) is 1. The van der Waals surface area contributed by atoms with Gasteiger partial charge in [-0.25, -0.2) is 5.84 Å². The van der Waals surface area contributed by atoms with Crippen molar-refractivity contribution >= 4 is 17.3 Å². The van der Waals surface area contributed by atoms with E-state index in [-0.39, 0.29) is 0 Å². The van der Waals surface area contributed by atoms with Crippen LogP contribution in [0.1, 0.15) is 13.3 Å². The molecule has 0 saturated carbocycles. The summed E-state index contributed by atoms with van der Waals surface area (Å²) in [4.78, 5) is 2.14. The summed E-state index contributed by atoms with van der Waals surface area (Å²) < 4.78 is 0. The lowest BCUT2D eigenvalue weighted by Crippen LogP contribution is -2.44. The summed E-state index contributed by atoms with van der Waals surface area (Å²) >= 11 is 4.85. The molecule has 0 aromatic heterocycles. The molecule has 4 N–H and O–H groups in total. The average molecular weight is 190 g/mol. The summed E-state index contributed by atoms with van der Waals surface area (Å²) in [5.74, 6) is 5.11. The van der Waals surface area contributed by atoms with Crippen molar-refractivity contribution in [1.82, 2.24) is 15.6 Å². The van der Waals surface area contributed by atoms with E-state index in [4.69, 9.17) is 18.1 Å². The zero-order valence-electron chi connectivity index (χ0n) is 7.92. The monoisotopic (exact) mass is 190 g/mol. The maximum Gasteiger partial charge on any atom is 0.180 e. The highest BCUT2D eigenvalue weighted by molar-refractivity contribution is 7.80. The molecule has 5 heteroatoms. The van der Waals surface area contributed by atoms with E-state index >= 15 is 0 Å². The molecule has 0 aliphatic carbocycles. The second-order valence-corrected chi connectivity index (χ2v) is 3.52. The summed E-state index contributed by atoms with van der Waals surface area (Å²) in [6, 6.07) is 0.357. The van der Waals surface area contributed by atoms with Gasteiger partial charge in [0.1, 0.15) is 0 Å². The van der Waals surface area contributed by atoms with Crippen molar-refractivity contribution in [2.75, 3.05) is 20.6 Å². The molecule has 0 aliphatic rings. The Hall–Kier alpha value is -0.390. The zero-order chi connectivity index (χ0) is 9.56. The highest BCUT2D eigenvalue weighted by Crippen LogP contribution is 1.91. The van der Waals surface area contributed by atoms with E-state index in [2.05, 4.69) is 22.6 Å². The van der Waals surface area contributed by atoms with Crippen LogP contribution in [0.5, 0.6) is 0 Å². The highest BCUT2D eigenvalue weighted by Gasteiger charge is 2.02. The Morgan fingerprint density at radius 2 is 2.17 bits per heavy atom. The van der Waals surface area contributed by atoms with Gasteiger partial charge in [-0.3, -0.25) is 0 Å². The third kappa shape index (κ3) is 6.33. The predicted molar refractivity (Wildman–Crippen MR) is 55.7 cm³/mol. The Kier molecular flexibility index (Phi) is 5.96. The second-order valence-electron chi connectivity index (χ2n) is 3.11. The summed E-state index contributed by atoms with van der Waals surface area (Å²) in [5, 5.41) is 3.55. The number of thiocarbonyl (C=S) groups is 1. The minimum absolute atomic E-state index is 0.357. The fourth-order valence-electron chi connectivity index (χ4n) is 0.789. The van der Waals surface area contributed by atoms with Crippen molar-refractivity contribution in [2.24, 2.45) is 5.84 Å². The van der Waals surface area contributed by atoms with Crippen molar-refractivity contribution in [3.8, 4) is 0 Å². The normalized spacial score (nSPS) is 12.8. The van der Waals surface area contributed by atoms with Gasteiger partial charge < -0.3 is 15.6 Å². The standard InChI is InChI=1S/C7H18N4S/c1-6(4-5-11(2)3)9-7(12)10-8/h6H,4-5,8H2,1-3H3,(H2,9,10,12). The SMILES string of the molecule is CC(CCN(C)C)NC(=S)NN. The van der Waals surface area contributed by atoms with Crippen molar-refractivity contribution < 1.29 is 0 Å². The number of rotatable bonds is 4. The van der Waals surface area contributed by atoms with Crippen LogP contribution in [-0.2, 0) is 0 Å². The quantitative estimate of drug-likeness (QED) is 0.322. The Labute approximate surface area is 79.5 Å². The first-order chi connectivity index (χ1) is 5.56. The molecule has 0 spiro atoms. The zero-order valence-corrected chi connectivity index (χ0v) is 8.74. The maximum atomic E-state index is 5.11. The maximum absolute atomic E-state index is 5.11. The van der Waals surface area contributed by atoms with Gasteiger partial charge in [-0.05, 0) is 46.2 Å². The molecule has 0 aromatic carbocycles. The first kappa shape index (κ1) is 11.6. The summed E-state index contributed by atoms with van der Waals surface area (Å²) in [7, 11) is 4.10. The molecule has 0 aliphatic heterocycles. The number of hydrazine groups is 1. The molecule has 0 fully saturated rings. The van der Waals surface area contributed by atoms with Gasteiger partial charge in [0.25, 0.3) is 0 Å². The third-order valence-corrected chi connectivity index (χ3v) is 1.75. The fourth-order valence-corrected chi connectivity index (χ4v) is 0.991.